The lowest BCUT2D eigenvalue weighted by Gasteiger charge is -2.13. The van der Waals surface area contributed by atoms with Gasteiger partial charge in [0.05, 0.1) is 18.4 Å². The highest BCUT2D eigenvalue weighted by Gasteiger charge is 2.27. The van der Waals surface area contributed by atoms with Crippen molar-refractivity contribution in [3.63, 3.8) is 0 Å². The Morgan fingerprint density at radius 1 is 1.53 bits per heavy atom. The van der Waals surface area contributed by atoms with Crippen molar-refractivity contribution in [2.45, 2.75) is 45.3 Å². The molecule has 0 saturated heterocycles. The van der Waals surface area contributed by atoms with Crippen molar-refractivity contribution in [1.29, 1.82) is 0 Å². The highest BCUT2D eigenvalue weighted by Crippen LogP contribution is 2.30. The third kappa shape index (κ3) is 3.25. The number of carbonyl (C=O) groups excluding carboxylic acids is 1. The largest absolute Gasteiger partial charge is 0.462 e. The van der Waals surface area contributed by atoms with Crippen molar-refractivity contribution in [1.82, 2.24) is 4.37 Å². The molecule has 106 valence electrons. The van der Waals surface area contributed by atoms with Gasteiger partial charge in [0.15, 0.2) is 0 Å². The van der Waals surface area contributed by atoms with Crippen LogP contribution in [0.4, 0.5) is 5.00 Å². The van der Waals surface area contributed by atoms with Gasteiger partial charge in [-0.2, -0.15) is 4.37 Å². The number of esters is 1. The number of anilines is 1. The zero-order valence-electron chi connectivity index (χ0n) is 11.6. The van der Waals surface area contributed by atoms with Gasteiger partial charge in [-0.1, -0.05) is 0 Å². The van der Waals surface area contributed by atoms with Crippen LogP contribution in [0.15, 0.2) is 0 Å². The zero-order chi connectivity index (χ0) is 13.8. The molecule has 19 heavy (non-hydrogen) atoms. The Balaban J connectivity index is 2.07. The van der Waals surface area contributed by atoms with E-state index in [1.165, 1.54) is 11.5 Å². The quantitative estimate of drug-likeness (QED) is 0.842. The molecular weight excluding hydrogens is 264 g/mol. The topological polar surface area (TPSA) is 60.5 Å². The number of carbonyl (C=O) groups is 1. The lowest BCUT2D eigenvalue weighted by Crippen LogP contribution is -2.18. The second-order valence-electron chi connectivity index (χ2n) is 4.70. The molecular formula is C13H20N2O3S. The minimum absolute atomic E-state index is 0.294. The van der Waals surface area contributed by atoms with Crippen LogP contribution >= 0.6 is 11.5 Å². The molecule has 1 saturated carbocycles. The lowest BCUT2D eigenvalue weighted by molar-refractivity contribution is 0.0527. The number of hydrogen-bond acceptors (Lipinski definition) is 6. The fourth-order valence-electron chi connectivity index (χ4n) is 2.38. The predicted octanol–water partition coefficient (Wildman–Crippen LogP) is 2.61. The molecule has 2 unspecified atom stereocenters. The first-order valence-electron chi connectivity index (χ1n) is 6.58. The number of nitrogens with zero attached hydrogens (tertiary/aromatic N) is 1. The molecule has 1 aromatic heterocycles. The third-order valence-electron chi connectivity index (χ3n) is 3.40. The molecule has 0 aromatic carbocycles. The first kappa shape index (κ1) is 14.3. The Morgan fingerprint density at radius 2 is 2.32 bits per heavy atom. The Morgan fingerprint density at radius 3 is 2.95 bits per heavy atom. The summed E-state index contributed by atoms with van der Waals surface area (Å²) in [6.07, 6.45) is 3.39. The van der Waals surface area contributed by atoms with Gasteiger partial charge in [-0.15, -0.1) is 0 Å². The number of aromatic nitrogens is 1. The lowest BCUT2D eigenvalue weighted by atomic mass is 10.2. The highest BCUT2D eigenvalue weighted by molar-refractivity contribution is 7.10. The number of aryl methyl sites for hydroxylation is 1. The van der Waals surface area contributed by atoms with Crippen LogP contribution in [0.1, 0.15) is 42.2 Å². The summed E-state index contributed by atoms with van der Waals surface area (Å²) in [5.74, 6) is -0.294. The minimum atomic E-state index is -0.294. The maximum atomic E-state index is 11.9. The average Bonchev–Trinajstić information content (AvgIpc) is 2.97. The molecule has 0 spiro atoms. The van der Waals surface area contributed by atoms with E-state index >= 15 is 0 Å². The number of hydrogen-bond donors (Lipinski definition) is 1. The van der Waals surface area contributed by atoms with Crippen molar-refractivity contribution in [3.8, 4) is 0 Å². The van der Waals surface area contributed by atoms with Crippen LogP contribution < -0.4 is 5.32 Å². The van der Waals surface area contributed by atoms with E-state index < -0.39 is 0 Å². The first-order chi connectivity index (χ1) is 9.15. The molecule has 1 N–H and O–H groups in total. The van der Waals surface area contributed by atoms with E-state index in [1.54, 1.807) is 14.0 Å². The molecule has 0 aliphatic heterocycles. The predicted molar refractivity (Wildman–Crippen MR) is 74.9 cm³/mol. The number of methoxy groups -OCH3 is 1. The summed E-state index contributed by atoms with van der Waals surface area (Å²) < 4.78 is 14.7. The zero-order valence-corrected chi connectivity index (χ0v) is 12.4. The summed E-state index contributed by atoms with van der Waals surface area (Å²) in [5.41, 5.74) is 1.31. The third-order valence-corrected chi connectivity index (χ3v) is 4.27. The Kier molecular flexibility index (Phi) is 4.76. The van der Waals surface area contributed by atoms with Crippen LogP contribution in [0.5, 0.6) is 0 Å². The van der Waals surface area contributed by atoms with Crippen molar-refractivity contribution in [3.05, 3.63) is 11.3 Å². The molecule has 1 heterocycles. The highest BCUT2D eigenvalue weighted by atomic mass is 32.1. The molecule has 1 aliphatic rings. The van der Waals surface area contributed by atoms with E-state index in [0.29, 0.717) is 24.3 Å². The Bertz CT molecular complexity index is 447. The second kappa shape index (κ2) is 6.34. The molecule has 0 bridgehead atoms. The molecule has 1 aromatic rings. The van der Waals surface area contributed by atoms with Crippen molar-refractivity contribution < 1.29 is 14.3 Å². The van der Waals surface area contributed by atoms with E-state index in [4.69, 9.17) is 9.47 Å². The molecule has 2 atom stereocenters. The van der Waals surface area contributed by atoms with Crippen LogP contribution in [0, 0.1) is 6.92 Å². The van der Waals surface area contributed by atoms with Crippen molar-refractivity contribution in [2.75, 3.05) is 19.0 Å². The molecule has 5 nitrogen and oxygen atoms in total. The van der Waals surface area contributed by atoms with Crippen LogP contribution in [0.2, 0.25) is 0 Å². The Labute approximate surface area is 117 Å². The molecule has 0 amide bonds. The van der Waals surface area contributed by atoms with Gasteiger partial charge in [0.2, 0.25) is 0 Å². The SMILES string of the molecule is CCOC(=O)c1c(C)nsc1NC1CCC(OC)C1. The van der Waals surface area contributed by atoms with Gasteiger partial charge in [-0.3, -0.25) is 0 Å². The van der Waals surface area contributed by atoms with Crippen molar-refractivity contribution >= 4 is 22.5 Å². The maximum absolute atomic E-state index is 11.9. The van der Waals surface area contributed by atoms with Gasteiger partial charge in [0.25, 0.3) is 0 Å². The molecule has 1 aliphatic carbocycles. The van der Waals surface area contributed by atoms with Gasteiger partial charge in [0.1, 0.15) is 10.6 Å². The van der Waals surface area contributed by atoms with Gasteiger partial charge < -0.3 is 14.8 Å². The fraction of sp³-hybridized carbons (Fsp3) is 0.692. The van der Waals surface area contributed by atoms with Gasteiger partial charge in [-0.05, 0) is 44.6 Å². The molecule has 2 rings (SSSR count). The van der Waals surface area contributed by atoms with Crippen LogP contribution in [-0.4, -0.2) is 36.2 Å². The summed E-state index contributed by atoms with van der Waals surface area (Å²) in [7, 11) is 1.74. The van der Waals surface area contributed by atoms with Gasteiger partial charge in [-0.25, -0.2) is 4.79 Å². The van der Waals surface area contributed by atoms with Crippen LogP contribution in [0.25, 0.3) is 0 Å². The number of ether oxygens (including phenoxy) is 2. The summed E-state index contributed by atoms with van der Waals surface area (Å²) in [5, 5.41) is 4.23. The molecule has 6 heteroatoms. The summed E-state index contributed by atoms with van der Waals surface area (Å²) in [4.78, 5) is 11.9. The monoisotopic (exact) mass is 284 g/mol. The average molecular weight is 284 g/mol. The van der Waals surface area contributed by atoms with Crippen LogP contribution in [-0.2, 0) is 9.47 Å². The summed E-state index contributed by atoms with van der Waals surface area (Å²) in [6, 6.07) is 0.345. The Hall–Kier alpha value is -1.14. The van der Waals surface area contributed by atoms with E-state index in [9.17, 15) is 4.79 Å². The fourth-order valence-corrected chi connectivity index (χ4v) is 3.24. The standard InChI is InChI=1S/C13H20N2O3S/c1-4-18-13(16)11-8(2)15-19-12(11)14-9-5-6-10(7-9)17-3/h9-10,14H,4-7H2,1-3H3. The van der Waals surface area contributed by atoms with E-state index in [0.717, 1.165) is 30.0 Å². The van der Waals surface area contributed by atoms with Crippen molar-refractivity contribution in [2.24, 2.45) is 0 Å². The van der Waals surface area contributed by atoms with E-state index in [-0.39, 0.29) is 5.97 Å². The van der Waals surface area contributed by atoms with Crippen LogP contribution in [0.3, 0.4) is 0 Å². The second-order valence-corrected chi connectivity index (χ2v) is 5.48. The number of rotatable bonds is 5. The maximum Gasteiger partial charge on any atom is 0.343 e. The smallest absolute Gasteiger partial charge is 0.343 e. The molecule has 1 fully saturated rings. The van der Waals surface area contributed by atoms with Gasteiger partial charge >= 0.3 is 5.97 Å². The normalized spacial score (nSPS) is 22.5. The first-order valence-corrected chi connectivity index (χ1v) is 7.35. The molecule has 0 radical (unpaired) electrons. The summed E-state index contributed by atoms with van der Waals surface area (Å²) in [6.45, 7) is 4.02. The van der Waals surface area contributed by atoms with E-state index in [2.05, 4.69) is 9.69 Å². The van der Waals surface area contributed by atoms with Gasteiger partial charge in [0, 0.05) is 13.2 Å². The summed E-state index contributed by atoms with van der Waals surface area (Å²) >= 11 is 1.32. The minimum Gasteiger partial charge on any atom is -0.462 e. The number of nitrogens with one attached hydrogen (secondary N) is 1. The van der Waals surface area contributed by atoms with E-state index in [1.807, 2.05) is 6.92 Å².